The van der Waals surface area contributed by atoms with Crippen molar-refractivity contribution in [1.29, 1.82) is 0 Å². The lowest BCUT2D eigenvalue weighted by Crippen LogP contribution is -2.41. The van der Waals surface area contributed by atoms with Gasteiger partial charge in [0.1, 0.15) is 6.54 Å². The normalized spacial score (nSPS) is 12.3. The number of aryl methyl sites for hydroxylation is 2. The molecule has 0 bridgehead atoms. The Hall–Kier alpha value is -2.94. The maximum Gasteiger partial charge on any atom is 0.271 e. The third kappa shape index (κ3) is 5.77. The van der Waals surface area contributed by atoms with E-state index in [1.165, 1.54) is 17.7 Å². The fourth-order valence-corrected chi connectivity index (χ4v) is 3.81. The van der Waals surface area contributed by atoms with Crippen LogP contribution in [0.4, 0.5) is 11.4 Å². The molecule has 156 valence electrons. The van der Waals surface area contributed by atoms with Crippen LogP contribution in [0, 0.1) is 17.0 Å². The van der Waals surface area contributed by atoms with Crippen LogP contribution in [0.5, 0.6) is 0 Å². The van der Waals surface area contributed by atoms with Gasteiger partial charge in [-0.25, -0.2) is 8.42 Å². The molecule has 1 atom stereocenters. The van der Waals surface area contributed by atoms with Crippen LogP contribution in [0.1, 0.15) is 36.6 Å². The van der Waals surface area contributed by atoms with Gasteiger partial charge < -0.3 is 5.32 Å². The van der Waals surface area contributed by atoms with E-state index in [9.17, 15) is 23.3 Å². The highest BCUT2D eigenvalue weighted by Gasteiger charge is 2.25. The summed E-state index contributed by atoms with van der Waals surface area (Å²) < 4.78 is 25.5. The van der Waals surface area contributed by atoms with Crippen molar-refractivity contribution in [2.75, 3.05) is 17.1 Å². The molecule has 1 unspecified atom stereocenters. The molecule has 2 rings (SSSR count). The van der Waals surface area contributed by atoms with Crippen LogP contribution in [-0.4, -0.2) is 32.0 Å². The quantitative estimate of drug-likeness (QED) is 0.522. The van der Waals surface area contributed by atoms with Crippen molar-refractivity contribution in [2.45, 2.75) is 33.2 Å². The van der Waals surface area contributed by atoms with E-state index in [4.69, 9.17) is 0 Å². The molecule has 0 aliphatic carbocycles. The number of nitrogens with zero attached hydrogens (tertiary/aromatic N) is 2. The first-order chi connectivity index (χ1) is 13.5. The smallest absolute Gasteiger partial charge is 0.271 e. The first-order valence-corrected chi connectivity index (χ1v) is 11.0. The largest absolute Gasteiger partial charge is 0.348 e. The topological polar surface area (TPSA) is 110 Å². The molecule has 0 fully saturated rings. The lowest BCUT2D eigenvalue weighted by molar-refractivity contribution is -0.384. The lowest BCUT2D eigenvalue weighted by Gasteiger charge is -2.24. The van der Waals surface area contributed by atoms with Crippen LogP contribution in [0.2, 0.25) is 0 Å². The van der Waals surface area contributed by atoms with Crippen LogP contribution in [-0.2, 0) is 21.2 Å². The summed E-state index contributed by atoms with van der Waals surface area (Å²) in [5, 5.41) is 13.8. The zero-order valence-electron chi connectivity index (χ0n) is 16.9. The highest BCUT2D eigenvalue weighted by molar-refractivity contribution is 7.92. The van der Waals surface area contributed by atoms with Gasteiger partial charge in [-0.3, -0.25) is 19.2 Å². The SMILES string of the molecule is CCc1ccc(C(C)NC(=O)CN(c2cc([N+](=O)[O-])ccc2C)S(C)(=O)=O)cc1. The molecule has 0 aromatic heterocycles. The molecule has 0 saturated carbocycles. The third-order valence-corrected chi connectivity index (χ3v) is 5.75. The van der Waals surface area contributed by atoms with Crippen LogP contribution in [0.3, 0.4) is 0 Å². The van der Waals surface area contributed by atoms with E-state index in [2.05, 4.69) is 12.2 Å². The molecule has 0 radical (unpaired) electrons. The van der Waals surface area contributed by atoms with E-state index in [0.717, 1.165) is 28.6 Å². The molecule has 1 amide bonds. The molecule has 0 spiro atoms. The number of non-ortho nitro benzene ring substituents is 1. The lowest BCUT2D eigenvalue weighted by atomic mass is 10.1. The van der Waals surface area contributed by atoms with Crippen LogP contribution >= 0.6 is 0 Å². The number of sulfonamides is 1. The van der Waals surface area contributed by atoms with Crippen molar-refractivity contribution in [3.05, 3.63) is 69.3 Å². The van der Waals surface area contributed by atoms with Crippen molar-refractivity contribution in [3.8, 4) is 0 Å². The molecule has 0 saturated heterocycles. The van der Waals surface area contributed by atoms with Gasteiger partial charge in [0, 0.05) is 12.1 Å². The predicted molar refractivity (Wildman–Crippen MR) is 112 cm³/mol. The summed E-state index contributed by atoms with van der Waals surface area (Å²) in [4.78, 5) is 23.0. The van der Waals surface area contributed by atoms with E-state index >= 15 is 0 Å². The summed E-state index contributed by atoms with van der Waals surface area (Å²) >= 11 is 0. The average Bonchev–Trinajstić information content (AvgIpc) is 2.65. The van der Waals surface area contributed by atoms with Gasteiger partial charge >= 0.3 is 0 Å². The maximum absolute atomic E-state index is 12.6. The second-order valence-corrected chi connectivity index (χ2v) is 8.79. The van der Waals surface area contributed by atoms with Crippen molar-refractivity contribution in [3.63, 3.8) is 0 Å². The van der Waals surface area contributed by atoms with Crippen LogP contribution < -0.4 is 9.62 Å². The number of nitrogens with one attached hydrogen (secondary N) is 1. The Bertz CT molecular complexity index is 1000. The minimum Gasteiger partial charge on any atom is -0.348 e. The summed E-state index contributed by atoms with van der Waals surface area (Å²) in [6.07, 6.45) is 1.87. The average molecular weight is 420 g/mol. The zero-order valence-corrected chi connectivity index (χ0v) is 17.7. The van der Waals surface area contributed by atoms with Gasteiger partial charge in [-0.15, -0.1) is 0 Å². The van der Waals surface area contributed by atoms with Gasteiger partial charge in [-0.2, -0.15) is 0 Å². The standard InChI is InChI=1S/C20H25N3O5S/c1-5-16-7-9-17(10-8-16)15(3)21-20(24)13-22(29(4,27)28)19-12-18(23(25)26)11-6-14(19)2/h6-12,15H,5,13H2,1-4H3,(H,21,24). The Morgan fingerprint density at radius 1 is 1.21 bits per heavy atom. The molecule has 0 heterocycles. The third-order valence-electron chi connectivity index (χ3n) is 4.63. The highest BCUT2D eigenvalue weighted by Crippen LogP contribution is 2.27. The zero-order chi connectivity index (χ0) is 21.8. The molecule has 0 aliphatic rings. The first kappa shape index (κ1) is 22.4. The summed E-state index contributed by atoms with van der Waals surface area (Å²) in [7, 11) is -3.84. The molecule has 2 aromatic carbocycles. The number of benzene rings is 2. The second-order valence-electron chi connectivity index (χ2n) is 6.88. The van der Waals surface area contributed by atoms with Crippen molar-refractivity contribution < 1.29 is 18.1 Å². The number of carbonyl (C=O) groups excluding carboxylic acids is 1. The minimum atomic E-state index is -3.84. The van der Waals surface area contributed by atoms with Gasteiger partial charge in [0.2, 0.25) is 15.9 Å². The van der Waals surface area contributed by atoms with Crippen LogP contribution in [0.25, 0.3) is 0 Å². The summed E-state index contributed by atoms with van der Waals surface area (Å²) in [5.41, 5.74) is 2.45. The van der Waals surface area contributed by atoms with E-state index in [-0.39, 0.29) is 17.4 Å². The van der Waals surface area contributed by atoms with Gasteiger partial charge in [0.15, 0.2) is 0 Å². The Kier molecular flexibility index (Phi) is 6.97. The molecule has 1 N–H and O–H groups in total. The fourth-order valence-electron chi connectivity index (χ4n) is 2.90. The predicted octanol–water partition coefficient (Wildman–Crippen LogP) is 3.11. The monoisotopic (exact) mass is 419 g/mol. The van der Waals surface area contributed by atoms with E-state index in [0.29, 0.717) is 5.56 Å². The number of rotatable bonds is 8. The number of amides is 1. The number of nitro groups is 1. The van der Waals surface area contributed by atoms with Crippen molar-refractivity contribution >= 4 is 27.3 Å². The van der Waals surface area contributed by atoms with Gasteiger partial charge in [0.05, 0.1) is 22.9 Å². The Morgan fingerprint density at radius 2 is 1.83 bits per heavy atom. The van der Waals surface area contributed by atoms with Gasteiger partial charge in [-0.1, -0.05) is 37.3 Å². The number of nitro benzene ring substituents is 1. The van der Waals surface area contributed by atoms with E-state index in [1.807, 2.05) is 31.2 Å². The number of carbonyl (C=O) groups is 1. The molecule has 0 aliphatic heterocycles. The van der Waals surface area contributed by atoms with Gasteiger partial charge in [0.25, 0.3) is 5.69 Å². The molecule has 29 heavy (non-hydrogen) atoms. The first-order valence-electron chi connectivity index (χ1n) is 9.14. The number of hydrogen-bond donors (Lipinski definition) is 1. The van der Waals surface area contributed by atoms with E-state index < -0.39 is 27.4 Å². The summed E-state index contributed by atoms with van der Waals surface area (Å²) in [6, 6.07) is 11.4. The van der Waals surface area contributed by atoms with Gasteiger partial charge in [-0.05, 0) is 37.0 Å². The van der Waals surface area contributed by atoms with Crippen molar-refractivity contribution in [1.82, 2.24) is 5.32 Å². The van der Waals surface area contributed by atoms with Crippen LogP contribution in [0.15, 0.2) is 42.5 Å². The Labute approximate surface area is 170 Å². The highest BCUT2D eigenvalue weighted by atomic mass is 32.2. The van der Waals surface area contributed by atoms with E-state index in [1.54, 1.807) is 6.92 Å². The molecular formula is C20H25N3O5S. The Balaban J connectivity index is 2.23. The maximum atomic E-state index is 12.6. The Morgan fingerprint density at radius 3 is 2.34 bits per heavy atom. The molecule has 9 heteroatoms. The van der Waals surface area contributed by atoms with Crippen molar-refractivity contribution in [2.24, 2.45) is 0 Å². The summed E-state index contributed by atoms with van der Waals surface area (Å²) in [6.45, 7) is 5.02. The number of hydrogen-bond acceptors (Lipinski definition) is 5. The molecular weight excluding hydrogens is 394 g/mol. The number of anilines is 1. The second kappa shape index (κ2) is 9.04. The molecule has 2 aromatic rings. The fraction of sp³-hybridized carbons (Fsp3) is 0.350. The minimum absolute atomic E-state index is 0.108. The molecule has 8 nitrogen and oxygen atoms in total. The summed E-state index contributed by atoms with van der Waals surface area (Å²) in [5.74, 6) is -0.506.